The van der Waals surface area contributed by atoms with Gasteiger partial charge in [-0.15, -0.1) is 0 Å². The molecule has 0 saturated heterocycles. The fourth-order valence-electron chi connectivity index (χ4n) is 3.72. The van der Waals surface area contributed by atoms with Crippen molar-refractivity contribution in [3.63, 3.8) is 0 Å². The van der Waals surface area contributed by atoms with E-state index in [0.29, 0.717) is 12.0 Å². The van der Waals surface area contributed by atoms with Crippen molar-refractivity contribution in [2.24, 2.45) is 11.8 Å². The van der Waals surface area contributed by atoms with E-state index in [-0.39, 0.29) is 0 Å². The summed E-state index contributed by atoms with van der Waals surface area (Å²) in [6, 6.07) is 9.76. The van der Waals surface area contributed by atoms with Crippen molar-refractivity contribution in [1.29, 1.82) is 0 Å². The van der Waals surface area contributed by atoms with E-state index in [9.17, 15) is 0 Å². The van der Waals surface area contributed by atoms with Gasteiger partial charge in [-0.2, -0.15) is 0 Å². The Labute approximate surface area is 121 Å². The Kier molecular flexibility index (Phi) is 3.86. The first-order valence-corrected chi connectivity index (χ1v) is 8.03. The van der Waals surface area contributed by atoms with E-state index < -0.39 is 0 Å². The van der Waals surface area contributed by atoms with Crippen LogP contribution in [0.1, 0.15) is 51.0 Å². The highest BCUT2D eigenvalue weighted by atomic mass is 35.5. The van der Waals surface area contributed by atoms with Gasteiger partial charge < -0.3 is 5.32 Å². The van der Waals surface area contributed by atoms with E-state index in [1.807, 2.05) is 12.1 Å². The molecule has 19 heavy (non-hydrogen) atoms. The minimum atomic E-state index is 0.667. The fraction of sp³-hybridized carbons (Fsp3) is 0.647. The zero-order valence-corrected chi connectivity index (χ0v) is 12.7. The monoisotopic (exact) mass is 277 g/mol. The standard InChI is InChI=1S/C17H24ClN/c1-11-7-8-17(12(11)2)19-14-9-13(10-14)15-5-3-4-6-16(15)18/h3-6,11-14,17,19H,7-10H2,1-2H3. The molecule has 0 radical (unpaired) electrons. The van der Waals surface area contributed by atoms with E-state index in [4.69, 9.17) is 11.6 Å². The van der Waals surface area contributed by atoms with Gasteiger partial charge in [0.1, 0.15) is 0 Å². The summed E-state index contributed by atoms with van der Waals surface area (Å²) in [4.78, 5) is 0. The molecule has 2 aliphatic rings. The minimum Gasteiger partial charge on any atom is -0.311 e. The van der Waals surface area contributed by atoms with Crippen LogP contribution < -0.4 is 5.32 Å². The zero-order valence-electron chi connectivity index (χ0n) is 11.9. The van der Waals surface area contributed by atoms with Crippen LogP contribution >= 0.6 is 11.6 Å². The first-order chi connectivity index (χ1) is 9.15. The maximum absolute atomic E-state index is 6.27. The average molecular weight is 278 g/mol. The van der Waals surface area contributed by atoms with E-state index in [1.54, 1.807) is 0 Å². The molecular weight excluding hydrogens is 254 g/mol. The normalized spacial score (nSPS) is 38.2. The molecule has 0 bridgehead atoms. The minimum absolute atomic E-state index is 0.667. The molecule has 1 aromatic rings. The first kappa shape index (κ1) is 13.5. The van der Waals surface area contributed by atoms with Crippen molar-refractivity contribution in [2.45, 2.75) is 57.5 Å². The van der Waals surface area contributed by atoms with E-state index >= 15 is 0 Å². The zero-order chi connectivity index (χ0) is 13.4. The van der Waals surface area contributed by atoms with Crippen LogP contribution in [0.25, 0.3) is 0 Å². The van der Waals surface area contributed by atoms with Gasteiger partial charge in [0.2, 0.25) is 0 Å². The highest BCUT2D eigenvalue weighted by Crippen LogP contribution is 2.41. The molecule has 0 spiro atoms. The quantitative estimate of drug-likeness (QED) is 0.851. The largest absolute Gasteiger partial charge is 0.311 e. The summed E-state index contributed by atoms with van der Waals surface area (Å²) in [5.41, 5.74) is 1.34. The maximum atomic E-state index is 6.27. The molecule has 0 amide bonds. The third-order valence-corrected chi connectivity index (χ3v) is 5.74. The molecule has 1 aromatic carbocycles. The van der Waals surface area contributed by atoms with Crippen LogP contribution in [0.2, 0.25) is 5.02 Å². The molecule has 2 saturated carbocycles. The van der Waals surface area contributed by atoms with Gasteiger partial charge in [0, 0.05) is 17.1 Å². The lowest BCUT2D eigenvalue weighted by Gasteiger charge is -2.39. The van der Waals surface area contributed by atoms with Crippen molar-refractivity contribution in [3.8, 4) is 0 Å². The lowest BCUT2D eigenvalue weighted by molar-refractivity contribution is 0.239. The van der Waals surface area contributed by atoms with Crippen LogP contribution in [0.5, 0.6) is 0 Å². The Morgan fingerprint density at radius 3 is 2.47 bits per heavy atom. The van der Waals surface area contributed by atoms with Crippen molar-refractivity contribution in [3.05, 3.63) is 34.9 Å². The van der Waals surface area contributed by atoms with Crippen LogP contribution in [0.15, 0.2) is 24.3 Å². The molecule has 0 aliphatic heterocycles. The van der Waals surface area contributed by atoms with Crippen molar-refractivity contribution in [1.82, 2.24) is 5.32 Å². The topological polar surface area (TPSA) is 12.0 Å². The molecule has 3 unspecified atom stereocenters. The molecule has 0 heterocycles. The molecule has 2 aliphatic carbocycles. The van der Waals surface area contributed by atoms with Crippen molar-refractivity contribution in [2.75, 3.05) is 0 Å². The van der Waals surface area contributed by atoms with Gasteiger partial charge in [0.15, 0.2) is 0 Å². The van der Waals surface area contributed by atoms with Gasteiger partial charge in [-0.05, 0) is 55.1 Å². The Morgan fingerprint density at radius 1 is 1.11 bits per heavy atom. The van der Waals surface area contributed by atoms with Gasteiger partial charge in [0.25, 0.3) is 0 Å². The van der Waals surface area contributed by atoms with E-state index in [0.717, 1.165) is 22.9 Å². The lowest BCUT2D eigenvalue weighted by atomic mass is 9.75. The van der Waals surface area contributed by atoms with Crippen LogP contribution in [0.4, 0.5) is 0 Å². The van der Waals surface area contributed by atoms with Crippen LogP contribution in [-0.4, -0.2) is 12.1 Å². The number of hydrogen-bond donors (Lipinski definition) is 1. The van der Waals surface area contributed by atoms with Gasteiger partial charge >= 0.3 is 0 Å². The number of nitrogens with one attached hydrogen (secondary N) is 1. The summed E-state index contributed by atoms with van der Waals surface area (Å²) in [7, 11) is 0. The second-order valence-corrected chi connectivity index (χ2v) is 6.98. The molecule has 2 fully saturated rings. The lowest BCUT2D eigenvalue weighted by Crippen LogP contribution is -2.46. The fourth-order valence-corrected chi connectivity index (χ4v) is 4.01. The molecule has 3 rings (SSSR count). The van der Waals surface area contributed by atoms with Gasteiger partial charge in [-0.25, -0.2) is 0 Å². The first-order valence-electron chi connectivity index (χ1n) is 7.65. The summed E-state index contributed by atoms with van der Waals surface area (Å²) in [6.45, 7) is 4.79. The van der Waals surface area contributed by atoms with Gasteiger partial charge in [-0.3, -0.25) is 0 Å². The second kappa shape index (κ2) is 5.46. The predicted octanol–water partition coefficient (Wildman–Crippen LogP) is 4.61. The SMILES string of the molecule is CC1CCC(NC2CC(c3ccccc3Cl)C2)C1C. The summed E-state index contributed by atoms with van der Waals surface area (Å²) in [5.74, 6) is 2.39. The highest BCUT2D eigenvalue weighted by Gasteiger charge is 2.36. The Balaban J connectivity index is 1.52. The molecular formula is C17H24ClN. The van der Waals surface area contributed by atoms with Gasteiger partial charge in [-0.1, -0.05) is 43.6 Å². The Hall–Kier alpha value is -0.530. The molecule has 1 nitrogen and oxygen atoms in total. The van der Waals surface area contributed by atoms with Crippen molar-refractivity contribution < 1.29 is 0 Å². The van der Waals surface area contributed by atoms with E-state index in [1.165, 1.54) is 31.2 Å². The Morgan fingerprint density at radius 2 is 1.84 bits per heavy atom. The summed E-state index contributed by atoms with van der Waals surface area (Å²) in [6.07, 6.45) is 5.25. The van der Waals surface area contributed by atoms with Crippen LogP contribution in [-0.2, 0) is 0 Å². The highest BCUT2D eigenvalue weighted by molar-refractivity contribution is 6.31. The smallest absolute Gasteiger partial charge is 0.0440 e. The molecule has 2 heteroatoms. The molecule has 3 atom stereocenters. The van der Waals surface area contributed by atoms with E-state index in [2.05, 4.69) is 31.3 Å². The van der Waals surface area contributed by atoms with Crippen molar-refractivity contribution >= 4 is 11.6 Å². The Bertz CT molecular complexity index is 439. The van der Waals surface area contributed by atoms with Crippen LogP contribution in [0.3, 0.4) is 0 Å². The summed E-state index contributed by atoms with van der Waals surface area (Å²) < 4.78 is 0. The third-order valence-electron chi connectivity index (χ3n) is 5.40. The third kappa shape index (κ3) is 2.68. The number of halogens is 1. The summed E-state index contributed by atoms with van der Waals surface area (Å²) in [5, 5.41) is 4.81. The second-order valence-electron chi connectivity index (χ2n) is 6.57. The molecule has 1 N–H and O–H groups in total. The van der Waals surface area contributed by atoms with Gasteiger partial charge in [0.05, 0.1) is 0 Å². The average Bonchev–Trinajstić information content (AvgIpc) is 2.66. The molecule has 104 valence electrons. The van der Waals surface area contributed by atoms with Crippen LogP contribution in [0, 0.1) is 11.8 Å². The predicted molar refractivity (Wildman–Crippen MR) is 81.7 cm³/mol. The number of hydrogen-bond acceptors (Lipinski definition) is 1. The maximum Gasteiger partial charge on any atom is 0.0440 e. The number of benzene rings is 1. The molecule has 0 aromatic heterocycles. The number of rotatable bonds is 3. The summed E-state index contributed by atoms with van der Waals surface area (Å²) >= 11 is 6.27.